The second-order valence-corrected chi connectivity index (χ2v) is 9.92. The summed E-state index contributed by atoms with van der Waals surface area (Å²) < 4.78 is 0. The van der Waals surface area contributed by atoms with Crippen LogP contribution in [0, 0.1) is 47.0 Å². The van der Waals surface area contributed by atoms with E-state index in [1.807, 2.05) is 6.20 Å². The Morgan fingerprint density at radius 2 is 1.96 bits per heavy atom. The maximum Gasteiger partial charge on any atom is 0.154 e. The van der Waals surface area contributed by atoms with E-state index in [1.54, 1.807) is 0 Å². The molecule has 24 heavy (non-hydrogen) atoms. The lowest BCUT2D eigenvalue weighted by molar-refractivity contribution is -0.134. The topological polar surface area (TPSA) is 24.6 Å². The highest BCUT2D eigenvalue weighted by atomic mass is 16.3. The Bertz CT molecular complexity index is 589. The van der Waals surface area contributed by atoms with Gasteiger partial charge in [0.15, 0.2) is 6.20 Å². The summed E-state index contributed by atoms with van der Waals surface area (Å²) in [5.41, 5.74) is 2.07. The summed E-state index contributed by atoms with van der Waals surface area (Å²) >= 11 is 0. The molecule has 0 radical (unpaired) electrons. The van der Waals surface area contributed by atoms with E-state index in [2.05, 4.69) is 25.6 Å². The van der Waals surface area contributed by atoms with Gasteiger partial charge in [0.05, 0.1) is 12.7 Å². The van der Waals surface area contributed by atoms with Gasteiger partial charge in [-0.2, -0.15) is 0 Å². The third-order valence-corrected chi connectivity index (χ3v) is 9.10. The number of rotatable bonds is 0. The molecule has 4 fully saturated rings. The van der Waals surface area contributed by atoms with Gasteiger partial charge < -0.3 is 5.11 Å². The lowest BCUT2D eigenvalue weighted by Gasteiger charge is -2.61. The highest BCUT2D eigenvalue weighted by Crippen LogP contribution is 2.67. The van der Waals surface area contributed by atoms with E-state index < -0.39 is 0 Å². The molecule has 8 atom stereocenters. The molecule has 2 nitrogen and oxygen atoms in total. The van der Waals surface area contributed by atoms with Crippen molar-refractivity contribution >= 4 is 0 Å². The molecule has 0 aliphatic heterocycles. The molecule has 132 valence electrons. The molecule has 4 aliphatic rings. The molecule has 0 unspecified atom stereocenters. The highest BCUT2D eigenvalue weighted by Gasteiger charge is 2.59. The van der Waals surface area contributed by atoms with E-state index in [-0.39, 0.29) is 11.5 Å². The number of hydrogen-bond acceptors (Lipinski definition) is 1. The number of allylic oxidation sites excluding steroid dienone is 1. The van der Waals surface area contributed by atoms with Crippen LogP contribution in [0.5, 0.6) is 0 Å². The van der Waals surface area contributed by atoms with Crippen LogP contribution in [0.2, 0.25) is 0 Å². The van der Waals surface area contributed by atoms with Crippen molar-refractivity contribution in [2.45, 2.75) is 78.2 Å². The Hall–Kier alpha value is -0.810. The molecule has 1 N–H and O–H groups in total. The van der Waals surface area contributed by atoms with Crippen molar-refractivity contribution in [3.63, 3.8) is 0 Å². The van der Waals surface area contributed by atoms with Crippen molar-refractivity contribution in [1.29, 1.82) is 0 Å². The Balaban J connectivity index is 1.64. The first kappa shape index (κ1) is 16.6. The van der Waals surface area contributed by atoms with Crippen LogP contribution >= 0.6 is 0 Å². The first-order valence-corrected chi connectivity index (χ1v) is 10.1. The van der Waals surface area contributed by atoms with Gasteiger partial charge >= 0.3 is 0 Å². The molecule has 2 heteroatoms. The zero-order chi connectivity index (χ0) is 17.1. The van der Waals surface area contributed by atoms with E-state index >= 15 is 0 Å². The third-order valence-electron chi connectivity index (χ3n) is 9.10. The summed E-state index contributed by atoms with van der Waals surface area (Å²) in [6, 6.07) is 0. The van der Waals surface area contributed by atoms with Crippen LogP contribution in [0.4, 0.5) is 0 Å². The monoisotopic (exact) mass is 327 g/mol. The number of aliphatic hydroxyl groups is 1. The van der Waals surface area contributed by atoms with E-state index in [4.69, 9.17) is 6.57 Å². The van der Waals surface area contributed by atoms with Crippen LogP contribution in [0.3, 0.4) is 0 Å². The van der Waals surface area contributed by atoms with Gasteiger partial charge in [0.2, 0.25) is 0 Å². The Kier molecular flexibility index (Phi) is 3.88. The van der Waals surface area contributed by atoms with Gasteiger partial charge in [0.1, 0.15) is 0 Å². The standard InChI is InChI=1S/C22H33NO/c1-14-11-15-5-7-17-18-8-6-16(13-23-4)21(18,2)10-9-19(17)22(15,3)12-20(14)24/h13-15,17-20,24H,5-12H2,1-3H3/b16-13-/t14-,15-,17-,18-,19-,20-,21+,22-/m0/s1. The van der Waals surface area contributed by atoms with Gasteiger partial charge in [0.25, 0.3) is 0 Å². The van der Waals surface area contributed by atoms with Crippen molar-refractivity contribution in [2.75, 3.05) is 0 Å². The second kappa shape index (κ2) is 5.60. The smallest absolute Gasteiger partial charge is 0.154 e. The summed E-state index contributed by atoms with van der Waals surface area (Å²) in [4.78, 5) is 3.61. The predicted octanol–water partition coefficient (Wildman–Crippen LogP) is 5.44. The molecule has 0 bridgehead atoms. The first-order chi connectivity index (χ1) is 11.4. The van der Waals surface area contributed by atoms with Gasteiger partial charge in [0, 0.05) is 0 Å². The van der Waals surface area contributed by atoms with Crippen molar-refractivity contribution in [2.24, 2.45) is 40.4 Å². The molecule has 4 saturated carbocycles. The Morgan fingerprint density at radius 3 is 2.71 bits per heavy atom. The van der Waals surface area contributed by atoms with E-state index in [9.17, 15) is 5.11 Å². The molecule has 0 aromatic rings. The summed E-state index contributed by atoms with van der Waals surface area (Å²) in [5, 5.41) is 10.6. The largest absolute Gasteiger partial charge is 0.393 e. The third kappa shape index (κ3) is 2.16. The van der Waals surface area contributed by atoms with Crippen LogP contribution in [0.25, 0.3) is 4.85 Å². The van der Waals surface area contributed by atoms with E-state index in [1.165, 1.54) is 44.1 Å². The lowest BCUT2D eigenvalue weighted by atomic mass is 9.44. The van der Waals surface area contributed by atoms with Gasteiger partial charge in [-0.25, -0.2) is 4.85 Å². The molecule has 0 aromatic carbocycles. The van der Waals surface area contributed by atoms with Crippen molar-refractivity contribution in [3.8, 4) is 0 Å². The van der Waals surface area contributed by atoms with Crippen LogP contribution in [-0.4, -0.2) is 11.2 Å². The zero-order valence-electron chi connectivity index (χ0n) is 15.6. The van der Waals surface area contributed by atoms with E-state index in [0.717, 1.165) is 36.5 Å². The highest BCUT2D eigenvalue weighted by molar-refractivity contribution is 5.25. The summed E-state index contributed by atoms with van der Waals surface area (Å²) in [6.07, 6.45) is 11.8. The minimum atomic E-state index is -0.0977. The zero-order valence-corrected chi connectivity index (χ0v) is 15.6. The van der Waals surface area contributed by atoms with Crippen molar-refractivity contribution < 1.29 is 5.11 Å². The average molecular weight is 328 g/mol. The molecule has 4 rings (SSSR count). The summed E-state index contributed by atoms with van der Waals surface area (Å²) in [6.45, 7) is 14.5. The van der Waals surface area contributed by atoms with Gasteiger partial charge in [-0.15, -0.1) is 0 Å². The average Bonchev–Trinajstić information content (AvgIpc) is 2.86. The number of fused-ring (bicyclic) bond motifs is 5. The maximum absolute atomic E-state index is 10.6. The molecular formula is C22H33NO. The summed E-state index contributed by atoms with van der Waals surface area (Å²) in [5.74, 6) is 3.69. The lowest BCUT2D eigenvalue weighted by Crippen LogP contribution is -2.55. The minimum absolute atomic E-state index is 0.0977. The van der Waals surface area contributed by atoms with E-state index in [0.29, 0.717) is 11.3 Å². The fraction of sp³-hybridized carbons (Fsp3) is 0.864. The molecule has 4 aliphatic carbocycles. The molecule has 0 amide bonds. The number of nitrogens with zero attached hydrogens (tertiary/aromatic N) is 1. The van der Waals surface area contributed by atoms with Crippen LogP contribution < -0.4 is 0 Å². The fourth-order valence-electron chi connectivity index (χ4n) is 7.64. The quantitative estimate of drug-likeness (QED) is 0.589. The molecule has 0 saturated heterocycles. The maximum atomic E-state index is 10.6. The van der Waals surface area contributed by atoms with Gasteiger partial charge in [-0.05, 0) is 91.8 Å². The molecule has 0 spiro atoms. The Labute approximate surface area is 147 Å². The van der Waals surface area contributed by atoms with Gasteiger partial charge in [-0.1, -0.05) is 26.3 Å². The fourth-order valence-corrected chi connectivity index (χ4v) is 7.64. The van der Waals surface area contributed by atoms with Crippen LogP contribution in [-0.2, 0) is 0 Å². The normalized spacial score (nSPS) is 55.4. The van der Waals surface area contributed by atoms with Crippen molar-refractivity contribution in [3.05, 3.63) is 23.2 Å². The molecule has 0 heterocycles. The SMILES string of the molecule is [C-]#[N+]/C=C1/CC[C@H]2[C@@H]3CC[C@H]4C[C@H](C)[C@@H](O)C[C@]4(C)[C@H]3CC[C@]12C. The Morgan fingerprint density at radius 1 is 1.17 bits per heavy atom. The summed E-state index contributed by atoms with van der Waals surface area (Å²) in [7, 11) is 0. The first-order valence-electron chi connectivity index (χ1n) is 10.1. The minimum Gasteiger partial charge on any atom is -0.393 e. The van der Waals surface area contributed by atoms with Gasteiger partial charge in [-0.3, -0.25) is 0 Å². The molecule has 0 aromatic heterocycles. The predicted molar refractivity (Wildman–Crippen MR) is 97.0 cm³/mol. The molecular weight excluding hydrogens is 294 g/mol. The number of hydrogen-bond donors (Lipinski definition) is 1. The number of aliphatic hydroxyl groups excluding tert-OH is 1. The van der Waals surface area contributed by atoms with Crippen LogP contribution in [0.1, 0.15) is 72.1 Å². The van der Waals surface area contributed by atoms with Crippen molar-refractivity contribution in [1.82, 2.24) is 0 Å². The van der Waals surface area contributed by atoms with Crippen LogP contribution in [0.15, 0.2) is 11.8 Å². The second-order valence-electron chi connectivity index (χ2n) is 9.92.